The first-order valence-electron chi connectivity index (χ1n) is 7.75. The molecule has 1 unspecified atom stereocenters. The van der Waals surface area contributed by atoms with Crippen molar-refractivity contribution in [1.29, 1.82) is 0 Å². The quantitative estimate of drug-likeness (QED) is 0.734. The van der Waals surface area contributed by atoms with Gasteiger partial charge in [-0.3, -0.25) is 4.79 Å². The maximum absolute atomic E-state index is 12.7. The molecule has 120 valence electrons. The lowest BCUT2D eigenvalue weighted by atomic mass is 10.1. The Labute approximate surface area is 131 Å². The molecule has 6 heteroatoms. The predicted octanol–water partition coefficient (Wildman–Crippen LogP) is 1.07. The van der Waals surface area contributed by atoms with Crippen molar-refractivity contribution in [2.75, 3.05) is 19.6 Å². The number of hydrogen-bond donors (Lipinski definition) is 3. The summed E-state index contributed by atoms with van der Waals surface area (Å²) in [6.45, 7) is 5.06. The third-order valence-corrected chi connectivity index (χ3v) is 3.87. The Morgan fingerprint density at radius 3 is 2.64 bits per heavy atom. The summed E-state index contributed by atoms with van der Waals surface area (Å²) in [4.78, 5) is 25.4. The highest BCUT2D eigenvalue weighted by atomic mass is 16.2. The van der Waals surface area contributed by atoms with Crippen LogP contribution in [0.3, 0.4) is 0 Å². The van der Waals surface area contributed by atoms with E-state index in [1.54, 1.807) is 0 Å². The summed E-state index contributed by atoms with van der Waals surface area (Å²) < 4.78 is 0. The molecule has 1 aliphatic heterocycles. The zero-order chi connectivity index (χ0) is 15.9. The summed E-state index contributed by atoms with van der Waals surface area (Å²) in [6.07, 6.45) is 1.95. The molecule has 4 N–H and O–H groups in total. The van der Waals surface area contributed by atoms with Crippen molar-refractivity contribution in [1.82, 2.24) is 15.5 Å². The van der Waals surface area contributed by atoms with Gasteiger partial charge in [0.2, 0.25) is 0 Å². The number of nitrogens with one attached hydrogen (secondary N) is 2. The number of amides is 3. The zero-order valence-corrected chi connectivity index (χ0v) is 13.0. The van der Waals surface area contributed by atoms with Crippen LogP contribution in [0, 0.1) is 0 Å². The van der Waals surface area contributed by atoms with Crippen molar-refractivity contribution < 1.29 is 9.59 Å². The maximum Gasteiger partial charge on any atom is 0.312 e. The topological polar surface area (TPSA) is 87.5 Å². The number of rotatable bonds is 6. The van der Waals surface area contributed by atoms with E-state index in [-0.39, 0.29) is 11.9 Å². The predicted molar refractivity (Wildman–Crippen MR) is 85.5 cm³/mol. The SMILES string of the molecule is CCCN(C(=O)c1ccc(CNC(N)=O)cc1)C1CCNC1. The van der Waals surface area contributed by atoms with Crippen molar-refractivity contribution in [3.8, 4) is 0 Å². The fourth-order valence-electron chi connectivity index (χ4n) is 2.72. The van der Waals surface area contributed by atoms with E-state index in [4.69, 9.17) is 5.73 Å². The second-order valence-corrected chi connectivity index (χ2v) is 5.56. The molecule has 1 fully saturated rings. The fraction of sp³-hybridized carbons (Fsp3) is 0.500. The minimum atomic E-state index is -0.553. The van der Waals surface area contributed by atoms with E-state index >= 15 is 0 Å². The number of nitrogens with two attached hydrogens (primary N) is 1. The molecule has 0 bridgehead atoms. The smallest absolute Gasteiger partial charge is 0.312 e. The Morgan fingerprint density at radius 2 is 2.09 bits per heavy atom. The van der Waals surface area contributed by atoms with Crippen molar-refractivity contribution in [2.24, 2.45) is 5.73 Å². The molecule has 0 aromatic heterocycles. The van der Waals surface area contributed by atoms with Crippen LogP contribution in [-0.4, -0.2) is 42.5 Å². The molecule has 1 aromatic rings. The molecular formula is C16H24N4O2. The van der Waals surface area contributed by atoms with Gasteiger partial charge >= 0.3 is 6.03 Å². The highest BCUT2D eigenvalue weighted by molar-refractivity contribution is 5.94. The number of nitrogens with zero attached hydrogens (tertiary/aromatic N) is 1. The summed E-state index contributed by atoms with van der Waals surface area (Å²) in [5.41, 5.74) is 6.64. The molecule has 0 spiro atoms. The summed E-state index contributed by atoms with van der Waals surface area (Å²) in [5, 5.41) is 5.84. The molecule has 0 saturated carbocycles. The van der Waals surface area contributed by atoms with Crippen LogP contribution in [0.15, 0.2) is 24.3 Å². The fourth-order valence-corrected chi connectivity index (χ4v) is 2.72. The second kappa shape index (κ2) is 7.79. The normalized spacial score (nSPS) is 17.2. The first kappa shape index (κ1) is 16.3. The third kappa shape index (κ3) is 4.21. The Morgan fingerprint density at radius 1 is 1.36 bits per heavy atom. The van der Waals surface area contributed by atoms with Gasteiger partial charge in [0.1, 0.15) is 0 Å². The van der Waals surface area contributed by atoms with Crippen LogP contribution in [0.25, 0.3) is 0 Å². The van der Waals surface area contributed by atoms with Gasteiger partial charge in [-0.2, -0.15) is 0 Å². The molecule has 22 heavy (non-hydrogen) atoms. The zero-order valence-electron chi connectivity index (χ0n) is 13.0. The lowest BCUT2D eigenvalue weighted by Crippen LogP contribution is -2.42. The summed E-state index contributed by atoms with van der Waals surface area (Å²) >= 11 is 0. The molecule has 2 rings (SSSR count). The number of hydrogen-bond acceptors (Lipinski definition) is 3. The van der Waals surface area contributed by atoms with Crippen molar-refractivity contribution in [2.45, 2.75) is 32.4 Å². The number of carbonyl (C=O) groups excluding carboxylic acids is 2. The van der Waals surface area contributed by atoms with Crippen molar-refractivity contribution >= 4 is 11.9 Å². The van der Waals surface area contributed by atoms with E-state index in [0.717, 1.165) is 38.0 Å². The van der Waals surface area contributed by atoms with E-state index in [1.807, 2.05) is 29.2 Å². The van der Waals surface area contributed by atoms with E-state index in [2.05, 4.69) is 17.6 Å². The highest BCUT2D eigenvalue weighted by Gasteiger charge is 2.26. The van der Waals surface area contributed by atoms with Gasteiger partial charge in [-0.05, 0) is 37.1 Å². The van der Waals surface area contributed by atoms with E-state index < -0.39 is 6.03 Å². The maximum atomic E-state index is 12.7. The van der Waals surface area contributed by atoms with Gasteiger partial charge < -0.3 is 21.3 Å². The minimum absolute atomic E-state index is 0.0740. The largest absolute Gasteiger partial charge is 0.352 e. The van der Waals surface area contributed by atoms with Crippen molar-refractivity contribution in [3.63, 3.8) is 0 Å². The van der Waals surface area contributed by atoms with Gasteiger partial charge in [0.05, 0.1) is 0 Å². The highest BCUT2D eigenvalue weighted by Crippen LogP contribution is 2.15. The average Bonchev–Trinajstić information content (AvgIpc) is 3.04. The van der Waals surface area contributed by atoms with Crippen LogP contribution in [0.2, 0.25) is 0 Å². The van der Waals surface area contributed by atoms with Crippen LogP contribution < -0.4 is 16.4 Å². The number of urea groups is 1. The van der Waals surface area contributed by atoms with E-state index in [9.17, 15) is 9.59 Å². The standard InChI is InChI=1S/C16H24N4O2/c1-2-9-20(14-7-8-18-11-14)15(21)13-5-3-12(4-6-13)10-19-16(17)22/h3-6,14,18H,2,7-11H2,1H3,(H3,17,19,22). The summed E-state index contributed by atoms with van der Waals surface area (Å²) in [7, 11) is 0. The van der Waals surface area contributed by atoms with Gasteiger partial charge in [0, 0.05) is 31.2 Å². The lowest BCUT2D eigenvalue weighted by Gasteiger charge is -2.28. The second-order valence-electron chi connectivity index (χ2n) is 5.56. The van der Waals surface area contributed by atoms with Gasteiger partial charge in [-0.15, -0.1) is 0 Å². The molecule has 6 nitrogen and oxygen atoms in total. The Hall–Kier alpha value is -2.08. The Balaban J connectivity index is 2.04. The first-order chi connectivity index (χ1) is 10.6. The van der Waals surface area contributed by atoms with Crippen molar-refractivity contribution in [3.05, 3.63) is 35.4 Å². The van der Waals surface area contributed by atoms with Gasteiger partial charge in [-0.25, -0.2) is 4.79 Å². The lowest BCUT2D eigenvalue weighted by molar-refractivity contribution is 0.0692. The first-order valence-corrected chi connectivity index (χ1v) is 7.75. The van der Waals surface area contributed by atoms with E-state index in [0.29, 0.717) is 12.1 Å². The minimum Gasteiger partial charge on any atom is -0.352 e. The molecule has 3 amide bonds. The molecule has 1 atom stereocenters. The number of primary amides is 1. The number of carbonyl (C=O) groups is 2. The van der Waals surface area contributed by atoms with Crippen LogP contribution in [0.1, 0.15) is 35.7 Å². The van der Waals surface area contributed by atoms with Gasteiger partial charge in [0.15, 0.2) is 0 Å². The van der Waals surface area contributed by atoms with Crippen LogP contribution in [0.4, 0.5) is 4.79 Å². The molecule has 1 aliphatic rings. The van der Waals surface area contributed by atoms with Gasteiger partial charge in [0.25, 0.3) is 5.91 Å². The van der Waals surface area contributed by atoms with Crippen LogP contribution in [-0.2, 0) is 6.54 Å². The monoisotopic (exact) mass is 304 g/mol. The van der Waals surface area contributed by atoms with Gasteiger partial charge in [-0.1, -0.05) is 19.1 Å². The molecule has 1 saturated heterocycles. The Kier molecular flexibility index (Phi) is 5.77. The summed E-state index contributed by atoms with van der Waals surface area (Å²) in [5.74, 6) is 0.0740. The average molecular weight is 304 g/mol. The molecule has 1 heterocycles. The van der Waals surface area contributed by atoms with Crippen LogP contribution >= 0.6 is 0 Å². The number of benzene rings is 1. The van der Waals surface area contributed by atoms with E-state index in [1.165, 1.54) is 0 Å². The third-order valence-electron chi connectivity index (χ3n) is 3.87. The molecule has 0 aliphatic carbocycles. The molecular weight excluding hydrogens is 280 g/mol. The molecule has 0 radical (unpaired) electrons. The summed E-state index contributed by atoms with van der Waals surface area (Å²) in [6, 6.07) is 7.05. The Bertz CT molecular complexity index is 509. The molecule has 1 aromatic carbocycles. The van der Waals surface area contributed by atoms with Crippen LogP contribution in [0.5, 0.6) is 0 Å².